The molecule has 0 heterocycles. The van der Waals surface area contributed by atoms with Crippen molar-refractivity contribution in [3.8, 4) is 0 Å². The van der Waals surface area contributed by atoms with Crippen LogP contribution in [-0.2, 0) is 13.1 Å². The first-order chi connectivity index (χ1) is 4.88. The summed E-state index contributed by atoms with van der Waals surface area (Å²) < 4.78 is 0. The molecule has 1 aromatic carbocycles. The van der Waals surface area contributed by atoms with Gasteiger partial charge < -0.3 is 11.5 Å². The lowest BCUT2D eigenvalue weighted by atomic mass is 10.1. The van der Waals surface area contributed by atoms with Crippen LogP contribution in [0.15, 0.2) is 24.3 Å². The van der Waals surface area contributed by atoms with E-state index in [9.17, 15) is 0 Å². The standard InChI is InChI=1S/C8H12N2.HI/c9-5-7-3-1-2-4-8(7)6-10;/h1-4H,5-6,9-10H2;1H. The van der Waals surface area contributed by atoms with Gasteiger partial charge in [-0.05, 0) is 11.1 Å². The van der Waals surface area contributed by atoms with Gasteiger partial charge >= 0.3 is 0 Å². The molecule has 0 aromatic heterocycles. The van der Waals surface area contributed by atoms with E-state index in [1.807, 2.05) is 24.3 Å². The maximum Gasteiger partial charge on any atom is 0.0181 e. The molecule has 0 aliphatic rings. The van der Waals surface area contributed by atoms with Crippen molar-refractivity contribution < 1.29 is 0 Å². The molecule has 0 aliphatic heterocycles. The summed E-state index contributed by atoms with van der Waals surface area (Å²) in [5, 5.41) is 0. The van der Waals surface area contributed by atoms with Crippen LogP contribution in [0.2, 0.25) is 0 Å². The van der Waals surface area contributed by atoms with E-state index in [0.717, 1.165) is 11.1 Å². The summed E-state index contributed by atoms with van der Waals surface area (Å²) in [6.07, 6.45) is 0. The molecule has 62 valence electrons. The van der Waals surface area contributed by atoms with E-state index >= 15 is 0 Å². The molecule has 0 radical (unpaired) electrons. The van der Waals surface area contributed by atoms with Crippen molar-refractivity contribution >= 4 is 24.0 Å². The fourth-order valence-electron chi connectivity index (χ4n) is 0.956. The van der Waals surface area contributed by atoms with Crippen LogP contribution in [-0.4, -0.2) is 0 Å². The van der Waals surface area contributed by atoms with Crippen molar-refractivity contribution in [2.45, 2.75) is 13.1 Å². The number of benzene rings is 1. The van der Waals surface area contributed by atoms with Crippen molar-refractivity contribution in [3.05, 3.63) is 35.4 Å². The molecule has 0 saturated carbocycles. The minimum Gasteiger partial charge on any atom is -0.326 e. The summed E-state index contributed by atoms with van der Waals surface area (Å²) >= 11 is 0. The zero-order chi connectivity index (χ0) is 7.40. The Bertz CT molecular complexity index is 190. The van der Waals surface area contributed by atoms with Gasteiger partial charge in [0, 0.05) is 13.1 Å². The maximum atomic E-state index is 5.47. The van der Waals surface area contributed by atoms with E-state index in [0.29, 0.717) is 13.1 Å². The molecule has 0 unspecified atom stereocenters. The molecule has 0 spiro atoms. The Balaban J connectivity index is 0.000001000. The largest absolute Gasteiger partial charge is 0.326 e. The van der Waals surface area contributed by atoms with Crippen molar-refractivity contribution in [2.24, 2.45) is 11.5 Å². The first-order valence-corrected chi connectivity index (χ1v) is 3.35. The molecule has 0 amide bonds. The van der Waals surface area contributed by atoms with Gasteiger partial charge in [-0.2, -0.15) is 0 Å². The monoisotopic (exact) mass is 264 g/mol. The van der Waals surface area contributed by atoms with Gasteiger partial charge in [-0.15, -0.1) is 24.0 Å². The van der Waals surface area contributed by atoms with Gasteiger partial charge in [0.15, 0.2) is 0 Å². The zero-order valence-corrected chi connectivity index (χ0v) is 8.62. The Kier molecular flexibility index (Phi) is 5.45. The Labute approximate surface area is 84.0 Å². The second-order valence-electron chi connectivity index (χ2n) is 2.18. The van der Waals surface area contributed by atoms with Crippen LogP contribution in [0.1, 0.15) is 11.1 Å². The minimum absolute atomic E-state index is 0. The van der Waals surface area contributed by atoms with Crippen LogP contribution in [0, 0.1) is 0 Å². The van der Waals surface area contributed by atoms with E-state index < -0.39 is 0 Å². The summed E-state index contributed by atoms with van der Waals surface area (Å²) in [7, 11) is 0. The van der Waals surface area contributed by atoms with Gasteiger partial charge in [0.05, 0.1) is 0 Å². The van der Waals surface area contributed by atoms with Gasteiger partial charge in [0.2, 0.25) is 0 Å². The Hall–Kier alpha value is -0.130. The smallest absolute Gasteiger partial charge is 0.0181 e. The molecule has 1 rings (SSSR count). The third-order valence-electron chi connectivity index (χ3n) is 1.56. The fourth-order valence-corrected chi connectivity index (χ4v) is 0.956. The van der Waals surface area contributed by atoms with Crippen LogP contribution < -0.4 is 11.5 Å². The number of halogens is 1. The van der Waals surface area contributed by atoms with Gasteiger partial charge in [0.25, 0.3) is 0 Å². The van der Waals surface area contributed by atoms with Crippen LogP contribution in [0.25, 0.3) is 0 Å². The minimum atomic E-state index is 0. The van der Waals surface area contributed by atoms with Crippen LogP contribution in [0.5, 0.6) is 0 Å². The first kappa shape index (κ1) is 10.9. The second-order valence-corrected chi connectivity index (χ2v) is 2.18. The van der Waals surface area contributed by atoms with Crippen LogP contribution >= 0.6 is 24.0 Å². The van der Waals surface area contributed by atoms with Crippen molar-refractivity contribution in [2.75, 3.05) is 0 Å². The predicted molar refractivity (Wildman–Crippen MR) is 57.6 cm³/mol. The number of nitrogens with two attached hydrogens (primary N) is 2. The predicted octanol–water partition coefficient (Wildman–Crippen LogP) is 1.22. The molecule has 0 bridgehead atoms. The zero-order valence-electron chi connectivity index (χ0n) is 6.29. The second kappa shape index (κ2) is 5.51. The Morgan fingerprint density at radius 3 is 1.55 bits per heavy atom. The highest BCUT2D eigenvalue weighted by Gasteiger charge is 1.94. The van der Waals surface area contributed by atoms with Crippen LogP contribution in [0.3, 0.4) is 0 Å². The van der Waals surface area contributed by atoms with Crippen molar-refractivity contribution in [1.29, 1.82) is 0 Å². The third-order valence-corrected chi connectivity index (χ3v) is 1.56. The highest BCUT2D eigenvalue weighted by atomic mass is 127. The third kappa shape index (κ3) is 2.76. The fraction of sp³-hybridized carbons (Fsp3) is 0.250. The van der Waals surface area contributed by atoms with Crippen molar-refractivity contribution in [1.82, 2.24) is 0 Å². The summed E-state index contributed by atoms with van der Waals surface area (Å²) in [6, 6.07) is 7.95. The maximum absolute atomic E-state index is 5.47. The average Bonchev–Trinajstić information content (AvgIpc) is 2.04. The molecular weight excluding hydrogens is 251 g/mol. The molecule has 0 saturated heterocycles. The van der Waals surface area contributed by atoms with Gasteiger partial charge in [-0.1, -0.05) is 24.3 Å². The topological polar surface area (TPSA) is 52.0 Å². The van der Waals surface area contributed by atoms with Crippen LogP contribution in [0.4, 0.5) is 0 Å². The molecule has 11 heavy (non-hydrogen) atoms. The van der Waals surface area contributed by atoms with E-state index in [-0.39, 0.29) is 24.0 Å². The number of rotatable bonds is 2. The molecule has 3 heteroatoms. The number of hydrogen-bond acceptors (Lipinski definition) is 2. The Morgan fingerprint density at radius 2 is 1.27 bits per heavy atom. The molecule has 0 atom stereocenters. The SMILES string of the molecule is I.NCc1ccccc1CN. The highest BCUT2D eigenvalue weighted by Crippen LogP contribution is 2.05. The van der Waals surface area contributed by atoms with Gasteiger partial charge in [-0.3, -0.25) is 0 Å². The summed E-state index contributed by atoms with van der Waals surface area (Å²) in [6.45, 7) is 1.15. The van der Waals surface area contributed by atoms with Gasteiger partial charge in [0.1, 0.15) is 0 Å². The normalized spacial score (nSPS) is 8.91. The Morgan fingerprint density at radius 1 is 0.909 bits per heavy atom. The summed E-state index contributed by atoms with van der Waals surface area (Å²) in [5.41, 5.74) is 13.2. The lowest BCUT2D eigenvalue weighted by molar-refractivity contribution is 0.980. The van der Waals surface area contributed by atoms with E-state index in [2.05, 4.69) is 0 Å². The molecule has 0 aliphatic carbocycles. The van der Waals surface area contributed by atoms with E-state index in [1.165, 1.54) is 0 Å². The molecule has 1 aromatic rings. The molecule has 0 fully saturated rings. The first-order valence-electron chi connectivity index (χ1n) is 3.35. The lowest BCUT2D eigenvalue weighted by Gasteiger charge is -2.02. The molecule has 4 N–H and O–H groups in total. The highest BCUT2D eigenvalue weighted by molar-refractivity contribution is 14.0. The molecular formula is C8H13IN2. The molecule has 2 nitrogen and oxygen atoms in total. The quantitative estimate of drug-likeness (QED) is 0.789. The average molecular weight is 264 g/mol. The van der Waals surface area contributed by atoms with E-state index in [4.69, 9.17) is 11.5 Å². The summed E-state index contributed by atoms with van der Waals surface area (Å²) in [5.74, 6) is 0. The number of hydrogen-bond donors (Lipinski definition) is 2. The van der Waals surface area contributed by atoms with Gasteiger partial charge in [-0.25, -0.2) is 0 Å². The lowest BCUT2D eigenvalue weighted by Crippen LogP contribution is -2.05. The van der Waals surface area contributed by atoms with E-state index in [1.54, 1.807) is 0 Å². The van der Waals surface area contributed by atoms with Crippen molar-refractivity contribution in [3.63, 3.8) is 0 Å². The summed E-state index contributed by atoms with van der Waals surface area (Å²) in [4.78, 5) is 0.